The van der Waals surface area contributed by atoms with Crippen LogP contribution in [0.4, 0.5) is 0 Å². The number of fused-ring (bicyclic) bond motifs is 1. The Hall–Kier alpha value is -2.90. The summed E-state index contributed by atoms with van der Waals surface area (Å²) >= 11 is 3.08. The molecule has 2 heterocycles. The monoisotopic (exact) mass is 421 g/mol. The zero-order valence-corrected chi connectivity index (χ0v) is 17.5. The van der Waals surface area contributed by atoms with Gasteiger partial charge in [-0.15, -0.1) is 17.9 Å². The molecule has 0 spiro atoms. The highest BCUT2D eigenvalue weighted by atomic mass is 32.2. The third-order valence-electron chi connectivity index (χ3n) is 4.38. The van der Waals surface area contributed by atoms with Gasteiger partial charge in [0.1, 0.15) is 10.8 Å². The number of methoxy groups -OCH3 is 1. The van der Waals surface area contributed by atoms with E-state index in [1.807, 2.05) is 47.8 Å². The molecule has 4 aromatic rings. The summed E-state index contributed by atoms with van der Waals surface area (Å²) in [6, 6.07) is 15.3. The molecule has 146 valence electrons. The molecule has 5 nitrogen and oxygen atoms in total. The molecule has 0 aliphatic carbocycles. The standard InChI is InChI=1S/C22H19N3O2S2/c1-3-12-25-21(26)16-8-4-6-10-18(16)24-22(25)29-14-15-13-28-20(23-15)17-9-5-7-11-19(17)27-2/h3-11,13H,1,12,14H2,2H3. The van der Waals surface area contributed by atoms with E-state index in [2.05, 4.69) is 6.58 Å². The fraction of sp³-hybridized carbons (Fsp3) is 0.136. The number of hydrogen-bond donors (Lipinski definition) is 0. The molecule has 0 radical (unpaired) electrons. The molecule has 0 atom stereocenters. The van der Waals surface area contributed by atoms with Crippen LogP contribution in [-0.4, -0.2) is 21.6 Å². The SMILES string of the molecule is C=CCn1c(SCc2csc(-c3ccccc3OC)n2)nc2ccccc2c1=O. The third kappa shape index (κ3) is 3.97. The summed E-state index contributed by atoms with van der Waals surface area (Å²) in [6.45, 7) is 4.19. The molecule has 2 aromatic heterocycles. The number of allylic oxidation sites excluding steroid dienone is 1. The van der Waals surface area contributed by atoms with Crippen LogP contribution in [0.2, 0.25) is 0 Å². The fourth-order valence-electron chi connectivity index (χ4n) is 3.00. The lowest BCUT2D eigenvalue weighted by Crippen LogP contribution is -2.22. The van der Waals surface area contributed by atoms with Crippen molar-refractivity contribution < 1.29 is 4.74 Å². The van der Waals surface area contributed by atoms with Crippen molar-refractivity contribution in [3.63, 3.8) is 0 Å². The van der Waals surface area contributed by atoms with Crippen molar-refractivity contribution in [2.75, 3.05) is 7.11 Å². The summed E-state index contributed by atoms with van der Waals surface area (Å²) in [5.41, 5.74) is 2.57. The molecule has 0 unspecified atom stereocenters. The Bertz CT molecular complexity index is 1230. The van der Waals surface area contributed by atoms with Crippen molar-refractivity contribution >= 4 is 34.0 Å². The highest BCUT2D eigenvalue weighted by Crippen LogP contribution is 2.33. The Morgan fingerprint density at radius 2 is 1.97 bits per heavy atom. The number of ether oxygens (including phenoxy) is 1. The summed E-state index contributed by atoms with van der Waals surface area (Å²) in [4.78, 5) is 22.3. The largest absolute Gasteiger partial charge is 0.496 e. The van der Waals surface area contributed by atoms with Gasteiger partial charge in [0, 0.05) is 17.7 Å². The first-order valence-electron chi connectivity index (χ1n) is 9.02. The number of para-hydroxylation sites is 2. The van der Waals surface area contributed by atoms with Crippen molar-refractivity contribution in [1.29, 1.82) is 0 Å². The molecule has 7 heteroatoms. The van der Waals surface area contributed by atoms with Crippen LogP contribution in [-0.2, 0) is 12.3 Å². The van der Waals surface area contributed by atoms with Gasteiger partial charge in [-0.3, -0.25) is 9.36 Å². The second-order valence-electron chi connectivity index (χ2n) is 6.25. The Morgan fingerprint density at radius 3 is 2.79 bits per heavy atom. The normalized spacial score (nSPS) is 10.9. The number of benzene rings is 2. The molecule has 4 rings (SSSR count). The quantitative estimate of drug-likeness (QED) is 0.239. The van der Waals surface area contributed by atoms with E-state index in [-0.39, 0.29) is 5.56 Å². The van der Waals surface area contributed by atoms with Crippen LogP contribution in [0.5, 0.6) is 5.75 Å². The van der Waals surface area contributed by atoms with Crippen molar-refractivity contribution in [3.8, 4) is 16.3 Å². The zero-order valence-electron chi connectivity index (χ0n) is 15.9. The first-order valence-corrected chi connectivity index (χ1v) is 10.9. The third-order valence-corrected chi connectivity index (χ3v) is 6.31. The van der Waals surface area contributed by atoms with Gasteiger partial charge in [0.15, 0.2) is 5.16 Å². The zero-order chi connectivity index (χ0) is 20.2. The van der Waals surface area contributed by atoms with Gasteiger partial charge in [0.25, 0.3) is 5.56 Å². The number of hydrogen-bond acceptors (Lipinski definition) is 6. The van der Waals surface area contributed by atoms with Crippen molar-refractivity contribution in [2.24, 2.45) is 0 Å². The predicted molar refractivity (Wildman–Crippen MR) is 120 cm³/mol. The Balaban J connectivity index is 1.62. The van der Waals surface area contributed by atoms with E-state index in [1.165, 1.54) is 11.8 Å². The average molecular weight is 422 g/mol. The van der Waals surface area contributed by atoms with Gasteiger partial charge in [-0.25, -0.2) is 9.97 Å². The van der Waals surface area contributed by atoms with Gasteiger partial charge in [-0.1, -0.05) is 42.1 Å². The highest BCUT2D eigenvalue weighted by molar-refractivity contribution is 7.98. The van der Waals surface area contributed by atoms with Crippen molar-refractivity contribution in [1.82, 2.24) is 14.5 Å². The molecular formula is C22H19N3O2S2. The highest BCUT2D eigenvalue weighted by Gasteiger charge is 2.13. The maximum absolute atomic E-state index is 12.8. The second kappa shape index (κ2) is 8.63. The lowest BCUT2D eigenvalue weighted by Gasteiger charge is -2.10. The van der Waals surface area contributed by atoms with Crippen LogP contribution in [0, 0.1) is 0 Å². The minimum atomic E-state index is -0.0500. The van der Waals surface area contributed by atoms with Crippen LogP contribution >= 0.6 is 23.1 Å². The molecular weight excluding hydrogens is 402 g/mol. The maximum atomic E-state index is 12.8. The first kappa shape index (κ1) is 19.4. The van der Waals surface area contributed by atoms with E-state index in [0.29, 0.717) is 28.4 Å². The number of thioether (sulfide) groups is 1. The molecule has 0 fully saturated rings. The topological polar surface area (TPSA) is 57.0 Å². The molecule has 0 bridgehead atoms. The minimum Gasteiger partial charge on any atom is -0.496 e. The van der Waals surface area contributed by atoms with Gasteiger partial charge in [-0.05, 0) is 24.3 Å². The lowest BCUT2D eigenvalue weighted by atomic mass is 10.2. The van der Waals surface area contributed by atoms with Crippen LogP contribution < -0.4 is 10.3 Å². The molecule has 0 saturated heterocycles. The summed E-state index contributed by atoms with van der Waals surface area (Å²) in [5.74, 6) is 1.42. The van der Waals surface area contributed by atoms with Crippen LogP contribution in [0.25, 0.3) is 21.5 Å². The van der Waals surface area contributed by atoms with Gasteiger partial charge in [0.2, 0.25) is 0 Å². The van der Waals surface area contributed by atoms with Gasteiger partial charge < -0.3 is 4.74 Å². The first-order chi connectivity index (χ1) is 14.2. The molecule has 2 aromatic carbocycles. The molecule has 0 N–H and O–H groups in total. The molecule has 0 aliphatic heterocycles. The summed E-state index contributed by atoms with van der Waals surface area (Å²) in [5, 5.41) is 4.23. The number of rotatable bonds is 7. The van der Waals surface area contributed by atoms with Crippen molar-refractivity contribution in [2.45, 2.75) is 17.5 Å². The van der Waals surface area contributed by atoms with E-state index in [0.717, 1.165) is 22.0 Å². The lowest BCUT2D eigenvalue weighted by molar-refractivity contribution is 0.416. The predicted octanol–water partition coefficient (Wildman–Crippen LogP) is 5.01. The van der Waals surface area contributed by atoms with Crippen LogP contribution in [0.15, 0.2) is 76.5 Å². The Kier molecular flexibility index (Phi) is 5.78. The smallest absolute Gasteiger partial charge is 0.262 e. The van der Waals surface area contributed by atoms with Gasteiger partial charge in [-0.2, -0.15) is 0 Å². The second-order valence-corrected chi connectivity index (χ2v) is 8.05. The number of aromatic nitrogens is 3. The van der Waals surface area contributed by atoms with E-state index in [4.69, 9.17) is 14.7 Å². The van der Waals surface area contributed by atoms with Crippen molar-refractivity contribution in [3.05, 3.63) is 82.6 Å². The number of nitrogens with zero attached hydrogens (tertiary/aromatic N) is 3. The van der Waals surface area contributed by atoms with Crippen LogP contribution in [0.1, 0.15) is 5.69 Å². The van der Waals surface area contributed by atoms with Gasteiger partial charge >= 0.3 is 0 Å². The molecule has 0 saturated carbocycles. The van der Waals surface area contributed by atoms with Gasteiger partial charge in [0.05, 0.1) is 29.3 Å². The van der Waals surface area contributed by atoms with E-state index in [1.54, 1.807) is 35.2 Å². The molecule has 0 amide bonds. The summed E-state index contributed by atoms with van der Waals surface area (Å²) in [6.07, 6.45) is 1.71. The molecule has 29 heavy (non-hydrogen) atoms. The fourth-order valence-corrected chi connectivity index (χ4v) is 4.86. The summed E-state index contributed by atoms with van der Waals surface area (Å²) < 4.78 is 7.10. The summed E-state index contributed by atoms with van der Waals surface area (Å²) in [7, 11) is 1.66. The Morgan fingerprint density at radius 1 is 1.17 bits per heavy atom. The molecule has 0 aliphatic rings. The van der Waals surface area contributed by atoms with E-state index < -0.39 is 0 Å². The minimum absolute atomic E-state index is 0.0500. The van der Waals surface area contributed by atoms with E-state index >= 15 is 0 Å². The van der Waals surface area contributed by atoms with Crippen LogP contribution in [0.3, 0.4) is 0 Å². The number of thiazole rings is 1. The van der Waals surface area contributed by atoms with E-state index in [9.17, 15) is 4.79 Å². The maximum Gasteiger partial charge on any atom is 0.262 e. The average Bonchev–Trinajstić information content (AvgIpc) is 3.23. The Labute approximate surface area is 176 Å².